The molecular weight excluding hydrogens is 362 g/mol. The third-order valence-corrected chi connectivity index (χ3v) is 3.96. The zero-order valence-electron chi connectivity index (χ0n) is 12.6. The van der Waals surface area contributed by atoms with E-state index in [0.717, 1.165) is 0 Å². The summed E-state index contributed by atoms with van der Waals surface area (Å²) in [5, 5.41) is 9.04. The lowest BCUT2D eigenvalue weighted by Gasteiger charge is -2.11. The Kier molecular flexibility index (Phi) is 5.61. The van der Waals surface area contributed by atoms with Crippen molar-refractivity contribution >= 4 is 21.9 Å². The highest BCUT2D eigenvalue weighted by Gasteiger charge is 2.16. The van der Waals surface area contributed by atoms with Crippen molar-refractivity contribution in [3.8, 4) is 17.6 Å². The predicted molar refractivity (Wildman–Crippen MR) is 87.5 cm³/mol. The number of nitrogens with zero attached hydrogens (tertiary/aromatic N) is 1. The maximum Gasteiger partial charge on any atom is 0.338 e. The van der Waals surface area contributed by atoms with Gasteiger partial charge >= 0.3 is 5.97 Å². The molecule has 0 radical (unpaired) electrons. The summed E-state index contributed by atoms with van der Waals surface area (Å²) in [6, 6.07) is 12.2. The van der Waals surface area contributed by atoms with Crippen molar-refractivity contribution in [3.05, 3.63) is 57.6 Å². The molecule has 0 unspecified atom stereocenters. The van der Waals surface area contributed by atoms with Gasteiger partial charge in [-0.25, -0.2) is 4.79 Å². The Labute approximate surface area is 142 Å². The molecule has 0 N–H and O–H groups in total. The molecule has 0 aromatic heterocycles. The monoisotopic (exact) mass is 375 g/mol. The van der Waals surface area contributed by atoms with Crippen LogP contribution in [-0.4, -0.2) is 20.2 Å². The third kappa shape index (κ3) is 3.82. The van der Waals surface area contributed by atoms with Gasteiger partial charge < -0.3 is 14.2 Å². The first kappa shape index (κ1) is 16.8. The number of carbonyl (C=O) groups excluding carboxylic acids is 1. The summed E-state index contributed by atoms with van der Waals surface area (Å²) in [6.45, 7) is 0.0171. The summed E-state index contributed by atoms with van der Waals surface area (Å²) in [5.74, 6) is 0.407. The molecule has 0 fully saturated rings. The summed E-state index contributed by atoms with van der Waals surface area (Å²) in [4.78, 5) is 12.2. The summed E-state index contributed by atoms with van der Waals surface area (Å²) in [6.07, 6.45) is 0. The third-order valence-electron chi connectivity index (χ3n) is 3.18. The van der Waals surface area contributed by atoms with Gasteiger partial charge in [-0.3, -0.25) is 0 Å². The van der Waals surface area contributed by atoms with E-state index in [1.165, 1.54) is 14.2 Å². The van der Waals surface area contributed by atoms with E-state index < -0.39 is 5.97 Å². The van der Waals surface area contributed by atoms with E-state index in [1.807, 2.05) is 0 Å². The van der Waals surface area contributed by atoms with E-state index in [9.17, 15) is 4.79 Å². The van der Waals surface area contributed by atoms with Crippen LogP contribution < -0.4 is 9.47 Å². The Bertz CT molecular complexity index is 742. The van der Waals surface area contributed by atoms with Gasteiger partial charge in [0.05, 0.1) is 31.4 Å². The molecule has 0 spiro atoms. The quantitative estimate of drug-likeness (QED) is 0.745. The molecular formula is C17H14BrNO4. The SMILES string of the molecule is COc1cc(C(=O)OCc2ccccc2C#N)cc(OC)c1Br. The van der Waals surface area contributed by atoms with E-state index >= 15 is 0 Å². The van der Waals surface area contributed by atoms with Crippen LogP contribution in [0.3, 0.4) is 0 Å². The number of benzene rings is 2. The minimum Gasteiger partial charge on any atom is -0.495 e. The van der Waals surface area contributed by atoms with Gasteiger partial charge in [0.25, 0.3) is 0 Å². The fourth-order valence-corrected chi connectivity index (χ4v) is 2.52. The van der Waals surface area contributed by atoms with Gasteiger partial charge in [0, 0.05) is 5.56 Å². The molecule has 23 heavy (non-hydrogen) atoms. The van der Waals surface area contributed by atoms with Crippen LogP contribution in [0.15, 0.2) is 40.9 Å². The van der Waals surface area contributed by atoms with Crippen molar-refractivity contribution in [2.24, 2.45) is 0 Å². The van der Waals surface area contributed by atoms with E-state index in [1.54, 1.807) is 36.4 Å². The minimum atomic E-state index is -0.526. The molecule has 0 heterocycles. The first-order valence-corrected chi connectivity index (χ1v) is 7.46. The van der Waals surface area contributed by atoms with E-state index in [0.29, 0.717) is 32.7 Å². The van der Waals surface area contributed by atoms with Crippen LogP contribution in [0, 0.1) is 11.3 Å². The Morgan fingerprint density at radius 2 is 1.78 bits per heavy atom. The summed E-state index contributed by atoms with van der Waals surface area (Å²) < 4.78 is 16.3. The molecule has 0 saturated carbocycles. The highest BCUT2D eigenvalue weighted by Crippen LogP contribution is 2.35. The van der Waals surface area contributed by atoms with Gasteiger partial charge in [-0.1, -0.05) is 18.2 Å². The van der Waals surface area contributed by atoms with Crippen LogP contribution in [0.2, 0.25) is 0 Å². The van der Waals surface area contributed by atoms with E-state index in [4.69, 9.17) is 19.5 Å². The lowest BCUT2D eigenvalue weighted by atomic mass is 10.1. The highest BCUT2D eigenvalue weighted by molar-refractivity contribution is 9.10. The van der Waals surface area contributed by atoms with Crippen molar-refractivity contribution in [1.82, 2.24) is 0 Å². The van der Waals surface area contributed by atoms with Gasteiger partial charge in [-0.05, 0) is 34.1 Å². The zero-order chi connectivity index (χ0) is 16.8. The van der Waals surface area contributed by atoms with Gasteiger partial charge in [0.1, 0.15) is 22.6 Å². The molecule has 0 bridgehead atoms. The number of hydrogen-bond donors (Lipinski definition) is 0. The molecule has 2 aromatic rings. The van der Waals surface area contributed by atoms with E-state index in [-0.39, 0.29) is 6.61 Å². The second kappa shape index (κ2) is 7.65. The maximum atomic E-state index is 12.2. The van der Waals surface area contributed by atoms with Crippen molar-refractivity contribution in [1.29, 1.82) is 5.26 Å². The number of ether oxygens (including phenoxy) is 3. The molecule has 0 aliphatic carbocycles. The summed E-state index contributed by atoms with van der Waals surface area (Å²) in [7, 11) is 3.00. The number of esters is 1. The molecule has 6 heteroatoms. The fraction of sp³-hybridized carbons (Fsp3) is 0.176. The lowest BCUT2D eigenvalue weighted by Crippen LogP contribution is -2.07. The standard InChI is InChI=1S/C17H14BrNO4/c1-21-14-7-13(8-15(22-2)16(14)18)17(20)23-10-12-6-4-3-5-11(12)9-19/h3-8H,10H2,1-2H3. The van der Waals surface area contributed by atoms with Gasteiger partial charge in [-0.2, -0.15) is 5.26 Å². The van der Waals surface area contributed by atoms with Crippen LogP contribution in [-0.2, 0) is 11.3 Å². The second-order valence-electron chi connectivity index (χ2n) is 4.54. The van der Waals surface area contributed by atoms with E-state index in [2.05, 4.69) is 22.0 Å². The smallest absolute Gasteiger partial charge is 0.338 e. The zero-order valence-corrected chi connectivity index (χ0v) is 14.2. The lowest BCUT2D eigenvalue weighted by molar-refractivity contribution is 0.0471. The number of halogens is 1. The van der Waals surface area contributed by atoms with Crippen LogP contribution in [0.5, 0.6) is 11.5 Å². The average Bonchev–Trinajstić information content (AvgIpc) is 2.60. The predicted octanol–water partition coefficient (Wildman–Crippen LogP) is 3.69. The average molecular weight is 376 g/mol. The Morgan fingerprint density at radius 1 is 1.17 bits per heavy atom. The van der Waals surface area contributed by atoms with Crippen LogP contribution in [0.25, 0.3) is 0 Å². The summed E-state index contributed by atoms with van der Waals surface area (Å²) >= 11 is 3.34. The molecule has 0 atom stereocenters. The molecule has 0 saturated heterocycles. The summed E-state index contributed by atoms with van der Waals surface area (Å²) in [5.41, 5.74) is 1.43. The molecule has 2 aromatic carbocycles. The Balaban J connectivity index is 2.20. The van der Waals surface area contributed by atoms with Crippen molar-refractivity contribution < 1.29 is 19.0 Å². The normalized spacial score (nSPS) is 9.83. The number of rotatable bonds is 5. The van der Waals surface area contributed by atoms with Crippen molar-refractivity contribution in [3.63, 3.8) is 0 Å². The number of methoxy groups -OCH3 is 2. The van der Waals surface area contributed by atoms with Gasteiger partial charge in [0.15, 0.2) is 0 Å². The molecule has 0 aliphatic heterocycles. The van der Waals surface area contributed by atoms with Crippen molar-refractivity contribution in [2.75, 3.05) is 14.2 Å². The Morgan fingerprint density at radius 3 is 2.35 bits per heavy atom. The first-order chi connectivity index (χ1) is 11.1. The number of carbonyl (C=O) groups is 1. The molecule has 118 valence electrons. The maximum absolute atomic E-state index is 12.2. The number of nitriles is 1. The molecule has 0 amide bonds. The van der Waals surface area contributed by atoms with Gasteiger partial charge in [-0.15, -0.1) is 0 Å². The fourth-order valence-electron chi connectivity index (χ4n) is 1.97. The van der Waals surface area contributed by atoms with Crippen molar-refractivity contribution in [2.45, 2.75) is 6.61 Å². The topological polar surface area (TPSA) is 68.5 Å². The molecule has 5 nitrogen and oxygen atoms in total. The van der Waals surface area contributed by atoms with Crippen LogP contribution in [0.1, 0.15) is 21.5 Å². The van der Waals surface area contributed by atoms with Crippen LogP contribution in [0.4, 0.5) is 0 Å². The molecule has 2 rings (SSSR count). The van der Waals surface area contributed by atoms with Gasteiger partial charge in [0.2, 0.25) is 0 Å². The highest BCUT2D eigenvalue weighted by atomic mass is 79.9. The molecule has 0 aliphatic rings. The minimum absolute atomic E-state index is 0.0171. The number of hydrogen-bond acceptors (Lipinski definition) is 5. The van der Waals surface area contributed by atoms with Crippen LogP contribution >= 0.6 is 15.9 Å². The largest absolute Gasteiger partial charge is 0.495 e. The Hall–Kier alpha value is -2.52. The first-order valence-electron chi connectivity index (χ1n) is 6.67. The second-order valence-corrected chi connectivity index (χ2v) is 5.33.